The summed E-state index contributed by atoms with van der Waals surface area (Å²) < 4.78 is 41.6. The number of aldehydes is 1. The largest absolute Gasteiger partial charge is 0.392 e. The quantitative estimate of drug-likeness (QED) is 0.617. The van der Waals surface area contributed by atoms with Gasteiger partial charge in [-0.05, 0) is 18.1 Å². The Morgan fingerprint density at radius 2 is 2.00 bits per heavy atom. The lowest BCUT2D eigenvalue weighted by Gasteiger charge is -2.24. The van der Waals surface area contributed by atoms with E-state index in [1.807, 2.05) is 30.3 Å². The van der Waals surface area contributed by atoms with E-state index >= 15 is 0 Å². The first-order valence-electron chi connectivity index (χ1n) is 7.07. The predicted octanol–water partition coefficient (Wildman–Crippen LogP) is 2.49. The molecule has 7 heteroatoms. The van der Waals surface area contributed by atoms with E-state index in [0.29, 0.717) is 12.7 Å². The average Bonchev–Trinajstić information content (AvgIpc) is 2.89. The standard InChI is InChI=1S/C16H16F3NO3/c17-16(18,19)8-4-7-14(22)20-13(11-23-15(20)10-21)9-12-5-2-1-3-6-12/h1-7,10,13,15H,8-9,11H2/b7-4+/t13-,15?/m0/s1. The molecular formula is C16H16F3NO3. The van der Waals surface area contributed by atoms with Crippen LogP contribution < -0.4 is 0 Å². The summed E-state index contributed by atoms with van der Waals surface area (Å²) in [6.07, 6.45) is -4.09. The second-order valence-corrected chi connectivity index (χ2v) is 5.17. The van der Waals surface area contributed by atoms with Gasteiger partial charge in [0, 0.05) is 0 Å². The van der Waals surface area contributed by atoms with E-state index in [1.165, 1.54) is 4.90 Å². The minimum Gasteiger partial charge on any atom is -0.349 e. The highest BCUT2D eigenvalue weighted by Crippen LogP contribution is 2.22. The fourth-order valence-electron chi connectivity index (χ4n) is 2.41. The van der Waals surface area contributed by atoms with Crippen LogP contribution >= 0.6 is 0 Å². The molecule has 124 valence electrons. The van der Waals surface area contributed by atoms with Gasteiger partial charge in [-0.3, -0.25) is 9.59 Å². The Balaban J connectivity index is 2.07. The van der Waals surface area contributed by atoms with Crippen LogP contribution in [0.25, 0.3) is 0 Å². The molecule has 1 aromatic rings. The van der Waals surface area contributed by atoms with E-state index in [9.17, 15) is 22.8 Å². The molecule has 2 atom stereocenters. The second-order valence-electron chi connectivity index (χ2n) is 5.17. The van der Waals surface area contributed by atoms with E-state index in [0.717, 1.165) is 17.7 Å². The molecule has 0 N–H and O–H groups in total. The molecule has 0 saturated carbocycles. The molecule has 1 aliphatic heterocycles. The average molecular weight is 327 g/mol. The van der Waals surface area contributed by atoms with E-state index in [-0.39, 0.29) is 6.61 Å². The van der Waals surface area contributed by atoms with Gasteiger partial charge in [0.05, 0.1) is 19.1 Å². The monoisotopic (exact) mass is 327 g/mol. The van der Waals surface area contributed by atoms with Crippen LogP contribution in [0.4, 0.5) is 13.2 Å². The van der Waals surface area contributed by atoms with Gasteiger partial charge in [0.1, 0.15) is 0 Å². The smallest absolute Gasteiger partial charge is 0.349 e. The lowest BCUT2D eigenvalue weighted by Crippen LogP contribution is -2.42. The van der Waals surface area contributed by atoms with Crippen molar-refractivity contribution in [2.45, 2.75) is 31.3 Å². The molecule has 1 amide bonds. The van der Waals surface area contributed by atoms with Gasteiger partial charge in [-0.2, -0.15) is 13.2 Å². The topological polar surface area (TPSA) is 46.6 Å². The Morgan fingerprint density at radius 1 is 1.30 bits per heavy atom. The molecule has 1 aliphatic rings. The van der Waals surface area contributed by atoms with Crippen molar-refractivity contribution in [2.24, 2.45) is 0 Å². The summed E-state index contributed by atoms with van der Waals surface area (Å²) >= 11 is 0. The van der Waals surface area contributed by atoms with E-state index in [2.05, 4.69) is 0 Å². The van der Waals surface area contributed by atoms with Gasteiger partial charge in [0.2, 0.25) is 5.91 Å². The van der Waals surface area contributed by atoms with Crippen molar-refractivity contribution in [3.63, 3.8) is 0 Å². The third-order valence-electron chi connectivity index (χ3n) is 3.42. The first-order chi connectivity index (χ1) is 10.9. The van der Waals surface area contributed by atoms with Crippen LogP contribution in [-0.2, 0) is 20.7 Å². The van der Waals surface area contributed by atoms with Crippen LogP contribution in [0.5, 0.6) is 0 Å². The van der Waals surface area contributed by atoms with Gasteiger partial charge in [-0.25, -0.2) is 0 Å². The summed E-state index contributed by atoms with van der Waals surface area (Å²) in [5.74, 6) is -0.662. The Kier molecular flexibility index (Phi) is 5.54. The number of nitrogens with zero attached hydrogens (tertiary/aromatic N) is 1. The molecule has 1 heterocycles. The fraction of sp³-hybridized carbons (Fsp3) is 0.375. The molecule has 23 heavy (non-hydrogen) atoms. The van der Waals surface area contributed by atoms with Crippen molar-refractivity contribution in [1.82, 2.24) is 4.90 Å². The minimum atomic E-state index is -4.37. The number of carbonyl (C=O) groups excluding carboxylic acids is 2. The van der Waals surface area contributed by atoms with Crippen LogP contribution in [0.3, 0.4) is 0 Å². The number of hydrogen-bond acceptors (Lipinski definition) is 3. The maximum absolute atomic E-state index is 12.1. The normalized spacial score (nSPS) is 21.8. The fourth-order valence-corrected chi connectivity index (χ4v) is 2.41. The van der Waals surface area contributed by atoms with E-state index < -0.39 is 30.8 Å². The van der Waals surface area contributed by atoms with Gasteiger partial charge < -0.3 is 9.64 Å². The van der Waals surface area contributed by atoms with Gasteiger partial charge in [0.15, 0.2) is 12.5 Å². The highest BCUT2D eigenvalue weighted by molar-refractivity contribution is 5.90. The third kappa shape index (κ3) is 4.92. The Hall–Kier alpha value is -2.15. The molecule has 1 saturated heterocycles. The molecular weight excluding hydrogens is 311 g/mol. The highest BCUT2D eigenvalue weighted by atomic mass is 19.4. The molecule has 0 bridgehead atoms. The summed E-state index contributed by atoms with van der Waals surface area (Å²) in [5.41, 5.74) is 0.949. The minimum absolute atomic E-state index is 0.164. The zero-order valence-electron chi connectivity index (χ0n) is 12.2. The van der Waals surface area contributed by atoms with Gasteiger partial charge in [-0.15, -0.1) is 0 Å². The Bertz CT molecular complexity index is 572. The zero-order valence-corrected chi connectivity index (χ0v) is 12.2. The summed E-state index contributed by atoms with van der Waals surface area (Å²) in [4.78, 5) is 24.4. The number of rotatable bonds is 5. The van der Waals surface area contributed by atoms with Crippen LogP contribution in [0.2, 0.25) is 0 Å². The number of allylic oxidation sites excluding steroid dienone is 1. The highest BCUT2D eigenvalue weighted by Gasteiger charge is 2.37. The second kappa shape index (κ2) is 7.41. The van der Waals surface area contributed by atoms with E-state index in [1.54, 1.807) is 0 Å². The van der Waals surface area contributed by atoms with Crippen LogP contribution in [-0.4, -0.2) is 42.1 Å². The molecule has 2 rings (SSSR count). The third-order valence-corrected chi connectivity index (χ3v) is 3.42. The summed E-state index contributed by atoms with van der Waals surface area (Å²) in [5, 5.41) is 0. The predicted molar refractivity (Wildman–Crippen MR) is 76.4 cm³/mol. The first-order valence-corrected chi connectivity index (χ1v) is 7.07. The lowest BCUT2D eigenvalue weighted by atomic mass is 10.1. The van der Waals surface area contributed by atoms with Crippen molar-refractivity contribution in [3.05, 3.63) is 48.0 Å². The zero-order chi connectivity index (χ0) is 16.9. The van der Waals surface area contributed by atoms with Crippen LogP contribution in [0.1, 0.15) is 12.0 Å². The number of amides is 1. The number of benzene rings is 1. The molecule has 4 nitrogen and oxygen atoms in total. The first kappa shape index (κ1) is 17.2. The molecule has 0 spiro atoms. The number of carbonyl (C=O) groups is 2. The van der Waals surface area contributed by atoms with Gasteiger partial charge >= 0.3 is 6.18 Å². The van der Waals surface area contributed by atoms with Crippen molar-refractivity contribution in [2.75, 3.05) is 6.61 Å². The molecule has 1 fully saturated rings. The molecule has 0 aliphatic carbocycles. The summed E-state index contributed by atoms with van der Waals surface area (Å²) in [7, 11) is 0. The maximum atomic E-state index is 12.1. The number of alkyl halides is 3. The summed E-state index contributed by atoms with van der Waals surface area (Å²) in [6, 6.07) is 8.89. The van der Waals surface area contributed by atoms with Crippen molar-refractivity contribution < 1.29 is 27.5 Å². The van der Waals surface area contributed by atoms with Gasteiger partial charge in [-0.1, -0.05) is 36.4 Å². The SMILES string of the molecule is O=CC1OC[C@H](Cc2ccccc2)N1C(=O)/C=C/CC(F)(F)F. The van der Waals surface area contributed by atoms with Crippen molar-refractivity contribution >= 4 is 12.2 Å². The molecule has 1 aromatic carbocycles. The maximum Gasteiger partial charge on any atom is 0.392 e. The van der Waals surface area contributed by atoms with E-state index in [4.69, 9.17) is 4.74 Å². The molecule has 0 radical (unpaired) electrons. The molecule has 0 aromatic heterocycles. The number of ether oxygens (including phenoxy) is 1. The Labute approximate surface area is 131 Å². The van der Waals surface area contributed by atoms with Gasteiger partial charge in [0.25, 0.3) is 0 Å². The van der Waals surface area contributed by atoms with Crippen molar-refractivity contribution in [1.29, 1.82) is 0 Å². The van der Waals surface area contributed by atoms with Crippen molar-refractivity contribution in [3.8, 4) is 0 Å². The molecule has 1 unspecified atom stereocenters. The summed E-state index contributed by atoms with van der Waals surface area (Å²) in [6.45, 7) is 0.164. The van der Waals surface area contributed by atoms with Crippen LogP contribution in [0.15, 0.2) is 42.5 Å². The number of hydrogen-bond donors (Lipinski definition) is 0. The lowest BCUT2D eigenvalue weighted by molar-refractivity contribution is -0.138. The van der Waals surface area contributed by atoms with Crippen LogP contribution in [0, 0.1) is 0 Å². The number of halogens is 3. The Morgan fingerprint density at radius 3 is 2.61 bits per heavy atom.